The van der Waals surface area contributed by atoms with Crippen molar-refractivity contribution in [3.63, 3.8) is 0 Å². The molecule has 6 nitrogen and oxygen atoms in total. The van der Waals surface area contributed by atoms with E-state index >= 15 is 0 Å². The van der Waals surface area contributed by atoms with Crippen LogP contribution in [0.15, 0.2) is 24.5 Å². The van der Waals surface area contributed by atoms with Crippen molar-refractivity contribution in [3.8, 4) is 22.7 Å². The van der Waals surface area contributed by atoms with Gasteiger partial charge in [0.1, 0.15) is 25.0 Å². The van der Waals surface area contributed by atoms with E-state index in [1.165, 1.54) is 6.20 Å². The van der Waals surface area contributed by atoms with Gasteiger partial charge in [0.05, 0.1) is 5.69 Å². The lowest BCUT2D eigenvalue weighted by Gasteiger charge is -2.24. The molecular formula is C22H25F3N6Si. The molecule has 0 spiro atoms. The molecule has 0 aliphatic carbocycles. The zero-order chi connectivity index (χ0) is 22.9. The first-order valence-electron chi connectivity index (χ1n) is 10.5. The summed E-state index contributed by atoms with van der Waals surface area (Å²) in [5.74, 6) is 3.26. The van der Waals surface area contributed by atoms with E-state index in [9.17, 15) is 13.2 Å². The molecule has 0 unspecified atom stereocenters. The van der Waals surface area contributed by atoms with E-state index in [4.69, 9.17) is 0 Å². The fraction of sp³-hybridized carbons (Fsp3) is 0.409. The van der Waals surface area contributed by atoms with Crippen molar-refractivity contribution < 1.29 is 13.2 Å². The minimum absolute atomic E-state index is 0.0745. The molecule has 1 atom stereocenters. The molecule has 10 heteroatoms. The largest absolute Gasteiger partial charge is 0.419 e. The highest BCUT2D eigenvalue weighted by atomic mass is 28.3. The Morgan fingerprint density at radius 3 is 2.69 bits per heavy atom. The number of anilines is 1. The number of aromatic nitrogens is 4. The average molecular weight is 459 g/mol. The number of hydrogen-bond acceptors (Lipinski definition) is 5. The van der Waals surface area contributed by atoms with Crippen molar-refractivity contribution in [3.05, 3.63) is 35.8 Å². The van der Waals surface area contributed by atoms with Crippen molar-refractivity contribution in [2.24, 2.45) is 0 Å². The van der Waals surface area contributed by atoms with Crippen molar-refractivity contribution in [1.82, 2.24) is 25.3 Å². The highest BCUT2D eigenvalue weighted by Crippen LogP contribution is 2.38. The Kier molecular flexibility index (Phi) is 5.96. The Bertz CT molecular complexity index is 1180. The van der Waals surface area contributed by atoms with Crippen LogP contribution in [-0.4, -0.2) is 47.1 Å². The third-order valence-corrected chi connectivity index (χ3v) is 5.96. The molecule has 4 heterocycles. The van der Waals surface area contributed by atoms with Gasteiger partial charge in [-0.15, -0.1) is 5.54 Å². The van der Waals surface area contributed by atoms with Crippen molar-refractivity contribution in [2.75, 3.05) is 18.4 Å². The number of piperidine rings is 1. The van der Waals surface area contributed by atoms with Gasteiger partial charge in [-0.05, 0) is 31.5 Å². The fourth-order valence-corrected chi connectivity index (χ4v) is 4.05. The van der Waals surface area contributed by atoms with Gasteiger partial charge < -0.3 is 15.6 Å². The second kappa shape index (κ2) is 8.56. The second-order valence-corrected chi connectivity index (χ2v) is 13.7. The molecule has 3 N–H and O–H groups in total. The Morgan fingerprint density at radius 2 is 2.00 bits per heavy atom. The molecule has 3 aromatic rings. The maximum Gasteiger partial charge on any atom is 0.419 e. The maximum absolute atomic E-state index is 13.8. The molecular weight excluding hydrogens is 433 g/mol. The molecule has 0 amide bonds. The summed E-state index contributed by atoms with van der Waals surface area (Å²) >= 11 is 0. The summed E-state index contributed by atoms with van der Waals surface area (Å²) in [4.78, 5) is 15.7. The van der Waals surface area contributed by atoms with Crippen LogP contribution in [0.1, 0.15) is 24.1 Å². The fourth-order valence-electron chi connectivity index (χ4n) is 3.54. The van der Waals surface area contributed by atoms with Crippen LogP contribution in [0, 0.1) is 11.5 Å². The number of H-pyrrole nitrogens is 1. The summed E-state index contributed by atoms with van der Waals surface area (Å²) in [5, 5.41) is 6.97. The van der Waals surface area contributed by atoms with E-state index in [2.05, 4.69) is 61.7 Å². The van der Waals surface area contributed by atoms with Crippen molar-refractivity contribution in [1.29, 1.82) is 0 Å². The van der Waals surface area contributed by atoms with Crippen LogP contribution in [0.4, 0.5) is 19.1 Å². The van der Waals surface area contributed by atoms with Gasteiger partial charge in [-0.1, -0.05) is 25.6 Å². The molecule has 168 valence electrons. The van der Waals surface area contributed by atoms with Gasteiger partial charge in [0.15, 0.2) is 0 Å². The second-order valence-electron chi connectivity index (χ2n) is 8.94. The van der Waals surface area contributed by atoms with E-state index in [1.54, 1.807) is 12.1 Å². The molecule has 32 heavy (non-hydrogen) atoms. The van der Waals surface area contributed by atoms with E-state index < -0.39 is 19.8 Å². The summed E-state index contributed by atoms with van der Waals surface area (Å²) in [6, 6.07) is 3.54. The highest BCUT2D eigenvalue weighted by Gasteiger charge is 2.36. The molecule has 0 aromatic carbocycles. The molecule has 4 rings (SSSR count). The monoisotopic (exact) mass is 458 g/mol. The zero-order valence-electron chi connectivity index (χ0n) is 18.2. The quantitative estimate of drug-likeness (QED) is 0.400. The Morgan fingerprint density at radius 1 is 1.19 bits per heavy atom. The van der Waals surface area contributed by atoms with E-state index in [1.807, 2.05) is 0 Å². The average Bonchev–Trinajstić information content (AvgIpc) is 3.15. The van der Waals surface area contributed by atoms with Crippen LogP contribution < -0.4 is 10.6 Å². The number of aromatic amines is 1. The number of rotatable bonds is 3. The molecule has 1 aliphatic heterocycles. The summed E-state index contributed by atoms with van der Waals surface area (Å²) in [7, 11) is -1.57. The number of alkyl halides is 3. The third-order valence-electron chi connectivity index (χ3n) is 5.08. The normalized spacial score (nSPS) is 17.1. The number of hydrogen-bond donors (Lipinski definition) is 3. The number of halogens is 3. The zero-order valence-corrected chi connectivity index (χ0v) is 19.2. The van der Waals surface area contributed by atoms with E-state index in [0.29, 0.717) is 22.3 Å². The lowest BCUT2D eigenvalue weighted by molar-refractivity contribution is -0.137. The minimum Gasteiger partial charge on any atom is -0.350 e. The van der Waals surface area contributed by atoms with Crippen LogP contribution in [-0.2, 0) is 6.18 Å². The van der Waals surface area contributed by atoms with E-state index in [-0.39, 0.29) is 17.7 Å². The highest BCUT2D eigenvalue weighted by molar-refractivity contribution is 6.83. The Labute approximate surface area is 185 Å². The van der Waals surface area contributed by atoms with Gasteiger partial charge in [-0.3, -0.25) is 0 Å². The topological polar surface area (TPSA) is 78.5 Å². The lowest BCUT2D eigenvalue weighted by atomic mass is 10.1. The number of nitrogens with one attached hydrogen (secondary N) is 3. The van der Waals surface area contributed by atoms with Crippen molar-refractivity contribution in [2.45, 2.75) is 44.7 Å². The lowest BCUT2D eigenvalue weighted by Crippen LogP contribution is -2.38. The van der Waals surface area contributed by atoms with Gasteiger partial charge in [0, 0.05) is 35.9 Å². The molecule has 1 fully saturated rings. The number of nitrogens with zero attached hydrogens (tertiary/aromatic N) is 3. The summed E-state index contributed by atoms with van der Waals surface area (Å²) < 4.78 is 41.3. The van der Waals surface area contributed by atoms with Crippen LogP contribution in [0.2, 0.25) is 19.6 Å². The third kappa shape index (κ3) is 5.11. The number of fused-ring (bicyclic) bond motifs is 1. The first-order valence-corrected chi connectivity index (χ1v) is 14.0. The Balaban J connectivity index is 1.74. The van der Waals surface area contributed by atoms with Crippen molar-refractivity contribution >= 4 is 25.1 Å². The van der Waals surface area contributed by atoms with Crippen LogP contribution in [0.3, 0.4) is 0 Å². The first-order chi connectivity index (χ1) is 15.1. The van der Waals surface area contributed by atoms with Crippen LogP contribution in [0.25, 0.3) is 22.3 Å². The van der Waals surface area contributed by atoms with Gasteiger partial charge in [0.25, 0.3) is 0 Å². The van der Waals surface area contributed by atoms with Gasteiger partial charge in [-0.2, -0.15) is 13.2 Å². The van der Waals surface area contributed by atoms with Gasteiger partial charge >= 0.3 is 6.18 Å². The Hall–Kier alpha value is -2.90. The summed E-state index contributed by atoms with van der Waals surface area (Å²) in [5.41, 5.74) is 3.58. The predicted octanol–water partition coefficient (Wildman–Crippen LogP) is 4.43. The minimum atomic E-state index is -4.58. The number of pyridine rings is 1. The summed E-state index contributed by atoms with van der Waals surface area (Å²) in [6.45, 7) is 8.05. The van der Waals surface area contributed by atoms with Gasteiger partial charge in [0.2, 0.25) is 5.95 Å². The molecule has 1 aliphatic rings. The standard InChI is InChI=1S/C22H25F3N6Si/c1-32(2,3)10-8-14-6-7-16-17(12-27-20(16)29-14)19-18(22(23,24)25)13-28-21(31-19)30-15-5-4-9-26-11-15/h6-7,12-13,15,26H,4-5,9,11H2,1-3H3,(H,27,29)(H,28,30,31)/t15-/m0/s1. The first kappa shape index (κ1) is 22.3. The maximum atomic E-state index is 13.8. The molecule has 3 aromatic heterocycles. The SMILES string of the molecule is C[Si](C)(C)C#Cc1ccc2c(-c3nc(N[C@H]4CCCNC4)ncc3C(F)(F)F)c[nH]c2n1. The smallest absolute Gasteiger partial charge is 0.350 e. The molecule has 0 bridgehead atoms. The van der Waals surface area contributed by atoms with Crippen LogP contribution in [0.5, 0.6) is 0 Å². The predicted molar refractivity (Wildman–Crippen MR) is 122 cm³/mol. The molecule has 0 radical (unpaired) electrons. The summed E-state index contributed by atoms with van der Waals surface area (Å²) in [6.07, 6.45) is -0.328. The molecule has 0 saturated carbocycles. The van der Waals surface area contributed by atoms with Gasteiger partial charge in [-0.25, -0.2) is 15.0 Å². The molecule has 1 saturated heterocycles. The van der Waals surface area contributed by atoms with Crippen LogP contribution >= 0.6 is 0 Å². The van der Waals surface area contributed by atoms with E-state index in [0.717, 1.165) is 32.1 Å².